The summed E-state index contributed by atoms with van der Waals surface area (Å²) in [6.45, 7) is 6.37. The molecule has 0 aromatic heterocycles. The summed E-state index contributed by atoms with van der Waals surface area (Å²) >= 11 is 0. The number of hydrogen-bond donors (Lipinski definition) is 0. The van der Waals surface area contributed by atoms with Crippen molar-refractivity contribution in [2.75, 3.05) is 13.2 Å². The lowest BCUT2D eigenvalue weighted by atomic mass is 10.1. The van der Waals surface area contributed by atoms with Crippen molar-refractivity contribution in [3.05, 3.63) is 158 Å². The van der Waals surface area contributed by atoms with Crippen molar-refractivity contribution in [1.82, 2.24) is 0 Å². The second-order valence-corrected chi connectivity index (χ2v) is 20.6. The van der Waals surface area contributed by atoms with E-state index in [1.54, 1.807) is 0 Å². The maximum absolute atomic E-state index is 12.9. The van der Waals surface area contributed by atoms with E-state index in [-0.39, 0.29) is 37.5 Å². The van der Waals surface area contributed by atoms with Gasteiger partial charge in [0, 0.05) is 19.3 Å². The summed E-state index contributed by atoms with van der Waals surface area (Å²) in [5.41, 5.74) is 0. The lowest BCUT2D eigenvalue weighted by molar-refractivity contribution is -0.167. The van der Waals surface area contributed by atoms with Gasteiger partial charge < -0.3 is 14.2 Å². The average molecular weight is 1090 g/mol. The van der Waals surface area contributed by atoms with E-state index in [0.29, 0.717) is 19.3 Å². The molecule has 0 N–H and O–H groups in total. The van der Waals surface area contributed by atoms with E-state index in [0.717, 1.165) is 141 Å². The molecule has 1 unspecified atom stereocenters. The fourth-order valence-corrected chi connectivity index (χ4v) is 8.22. The van der Waals surface area contributed by atoms with Crippen LogP contribution in [0.3, 0.4) is 0 Å². The molecule has 6 heteroatoms. The molecule has 0 aliphatic heterocycles. The molecule has 0 spiro atoms. The minimum absolute atomic E-state index is 0.111. The minimum atomic E-state index is -0.818. The van der Waals surface area contributed by atoms with Crippen LogP contribution in [-0.4, -0.2) is 37.2 Å². The first-order valence-electron chi connectivity index (χ1n) is 32.0. The molecule has 0 aromatic rings. The summed E-state index contributed by atoms with van der Waals surface area (Å²) in [6.07, 6.45) is 95.3. The zero-order valence-electron chi connectivity index (χ0n) is 50.8. The molecular weight excluding hydrogens is 973 g/mol. The van der Waals surface area contributed by atoms with Crippen LogP contribution in [0.25, 0.3) is 0 Å². The van der Waals surface area contributed by atoms with Crippen LogP contribution in [-0.2, 0) is 28.6 Å². The third-order valence-corrected chi connectivity index (χ3v) is 13.0. The minimum Gasteiger partial charge on any atom is -0.462 e. The summed E-state index contributed by atoms with van der Waals surface area (Å²) in [4.78, 5) is 38.3. The van der Waals surface area contributed by atoms with Crippen LogP contribution in [0, 0.1) is 0 Å². The fraction of sp³-hybridized carbons (Fsp3) is 0.603. The molecule has 0 bridgehead atoms. The molecule has 0 saturated heterocycles. The average Bonchev–Trinajstić information content (AvgIpc) is 3.45. The Balaban J connectivity index is 4.47. The molecule has 6 nitrogen and oxygen atoms in total. The summed E-state index contributed by atoms with van der Waals surface area (Å²) in [5.74, 6) is -0.994. The first-order chi connectivity index (χ1) is 39.0. The van der Waals surface area contributed by atoms with Gasteiger partial charge in [-0.15, -0.1) is 0 Å². The normalized spacial score (nSPS) is 13.2. The Kier molecular flexibility index (Phi) is 61.4. The van der Waals surface area contributed by atoms with E-state index in [1.807, 2.05) is 0 Å². The van der Waals surface area contributed by atoms with Crippen molar-refractivity contribution in [1.29, 1.82) is 0 Å². The Bertz CT molecular complexity index is 1780. The van der Waals surface area contributed by atoms with E-state index < -0.39 is 6.10 Å². The number of hydrogen-bond acceptors (Lipinski definition) is 6. The van der Waals surface area contributed by atoms with Gasteiger partial charge in [0.1, 0.15) is 13.2 Å². The van der Waals surface area contributed by atoms with Gasteiger partial charge in [0.15, 0.2) is 6.10 Å². The molecule has 0 aromatic carbocycles. The van der Waals surface area contributed by atoms with Gasteiger partial charge in [-0.1, -0.05) is 262 Å². The quantitative estimate of drug-likeness (QED) is 0.0261. The Labute approximate surface area is 486 Å². The Morgan fingerprint density at radius 1 is 0.266 bits per heavy atom. The molecule has 0 aliphatic carbocycles. The molecule has 0 radical (unpaired) electrons. The van der Waals surface area contributed by atoms with Crippen LogP contribution in [0.2, 0.25) is 0 Å². The van der Waals surface area contributed by atoms with Gasteiger partial charge in [-0.25, -0.2) is 0 Å². The van der Waals surface area contributed by atoms with E-state index in [9.17, 15) is 14.4 Å². The number of rotatable bonds is 56. The topological polar surface area (TPSA) is 78.9 Å². The summed E-state index contributed by atoms with van der Waals surface area (Å²) < 4.78 is 16.8. The molecule has 0 aliphatic rings. The van der Waals surface area contributed by atoms with Crippen molar-refractivity contribution in [2.24, 2.45) is 0 Å². The van der Waals surface area contributed by atoms with Gasteiger partial charge in [-0.2, -0.15) is 0 Å². The Hall–Kier alpha value is -4.97. The molecule has 444 valence electrons. The second-order valence-electron chi connectivity index (χ2n) is 20.6. The van der Waals surface area contributed by atoms with Gasteiger partial charge in [0.05, 0.1) is 0 Å². The molecule has 0 saturated carbocycles. The van der Waals surface area contributed by atoms with Crippen molar-refractivity contribution >= 4 is 17.9 Å². The Morgan fingerprint density at radius 2 is 0.532 bits per heavy atom. The maximum atomic E-state index is 12.9. The van der Waals surface area contributed by atoms with Crippen molar-refractivity contribution in [2.45, 2.75) is 271 Å². The van der Waals surface area contributed by atoms with Gasteiger partial charge in [0.2, 0.25) is 0 Å². The third kappa shape index (κ3) is 63.7. The van der Waals surface area contributed by atoms with Crippen molar-refractivity contribution < 1.29 is 28.6 Å². The highest BCUT2D eigenvalue weighted by molar-refractivity contribution is 5.71. The maximum Gasteiger partial charge on any atom is 0.306 e. The molecule has 0 fully saturated rings. The molecule has 1 atom stereocenters. The highest BCUT2D eigenvalue weighted by Crippen LogP contribution is 2.14. The van der Waals surface area contributed by atoms with Crippen molar-refractivity contribution in [3.63, 3.8) is 0 Å². The molecule has 0 heterocycles. The molecule has 0 rings (SSSR count). The summed E-state index contributed by atoms with van der Waals surface area (Å²) in [5, 5.41) is 0. The predicted molar refractivity (Wildman–Crippen MR) is 343 cm³/mol. The van der Waals surface area contributed by atoms with Gasteiger partial charge >= 0.3 is 17.9 Å². The second kappa shape index (κ2) is 65.5. The van der Waals surface area contributed by atoms with Crippen LogP contribution >= 0.6 is 0 Å². The van der Waals surface area contributed by atoms with Crippen LogP contribution in [0.5, 0.6) is 0 Å². The SMILES string of the molecule is CC/C=C\C/C=C\C/C=C\C/C=C\C/C=C\C/C=C\C/C=C\C/C=C\C/C=C\CCCC(=O)OCC(COC(=O)CCCCCCC/C=C\C/C=C\CCC)OC(=O)CCCCCCCCCCC/C=C\C/C=C\CCCCC. The van der Waals surface area contributed by atoms with E-state index in [1.165, 1.54) is 77.0 Å². The smallest absolute Gasteiger partial charge is 0.306 e. The first-order valence-corrected chi connectivity index (χ1v) is 32.0. The number of unbranched alkanes of at least 4 members (excludes halogenated alkanes) is 19. The summed E-state index contributed by atoms with van der Waals surface area (Å²) in [6, 6.07) is 0. The van der Waals surface area contributed by atoms with E-state index in [4.69, 9.17) is 14.2 Å². The lowest BCUT2D eigenvalue weighted by Gasteiger charge is -2.18. The molecule has 79 heavy (non-hydrogen) atoms. The van der Waals surface area contributed by atoms with Crippen molar-refractivity contribution in [3.8, 4) is 0 Å². The zero-order valence-corrected chi connectivity index (χ0v) is 50.8. The van der Waals surface area contributed by atoms with E-state index in [2.05, 4.69) is 179 Å². The number of carbonyl (C=O) groups is 3. The first kappa shape index (κ1) is 74.0. The fourth-order valence-electron chi connectivity index (χ4n) is 8.22. The zero-order chi connectivity index (χ0) is 57.1. The van der Waals surface area contributed by atoms with Crippen LogP contribution in [0.1, 0.15) is 265 Å². The predicted octanol–water partition coefficient (Wildman–Crippen LogP) is 22.1. The molecule has 0 amide bonds. The van der Waals surface area contributed by atoms with Crippen LogP contribution in [0.15, 0.2) is 158 Å². The largest absolute Gasteiger partial charge is 0.462 e. The standard InChI is InChI=1S/C73H116O6/c1-4-7-10-13-16-19-22-25-27-29-31-32-33-34-35-36-37-38-39-40-42-43-45-48-51-54-57-60-63-66-72(75)78-69-70(68-77-71(74)65-62-59-56-53-50-47-24-21-18-15-12-9-6-3)79-73(76)67-64-61-58-55-52-49-46-44-41-30-28-26-23-20-17-14-11-8-5-2/h7,10,12,15-17,19-21,24-28,31-32,34-35,37-38,40,42,45,48,54,57,70H,4-6,8-9,11,13-14,18,22-23,29-30,33,36,39,41,43-44,46-47,49-53,55-56,58-69H2,1-3H3/b10-7-,15-12-,19-16-,20-17-,24-21-,27-25-,28-26-,32-31-,35-34-,38-37-,42-40-,48-45-,57-54-. The summed E-state index contributed by atoms with van der Waals surface area (Å²) in [7, 11) is 0. The molecular formula is C73H116O6. The Morgan fingerprint density at radius 3 is 0.873 bits per heavy atom. The highest BCUT2D eigenvalue weighted by Gasteiger charge is 2.19. The monoisotopic (exact) mass is 1090 g/mol. The highest BCUT2D eigenvalue weighted by atomic mass is 16.6. The number of ether oxygens (including phenoxy) is 3. The van der Waals surface area contributed by atoms with Gasteiger partial charge in [0.25, 0.3) is 0 Å². The van der Waals surface area contributed by atoms with Crippen LogP contribution < -0.4 is 0 Å². The third-order valence-electron chi connectivity index (χ3n) is 13.0. The van der Waals surface area contributed by atoms with E-state index >= 15 is 0 Å². The van der Waals surface area contributed by atoms with Gasteiger partial charge in [-0.05, 0) is 141 Å². The van der Waals surface area contributed by atoms with Gasteiger partial charge in [-0.3, -0.25) is 14.4 Å². The lowest BCUT2D eigenvalue weighted by Crippen LogP contribution is -2.30. The number of esters is 3. The number of carbonyl (C=O) groups excluding carboxylic acids is 3. The number of allylic oxidation sites excluding steroid dienone is 26. The van der Waals surface area contributed by atoms with Crippen LogP contribution in [0.4, 0.5) is 0 Å².